The highest BCUT2D eigenvalue weighted by Gasteiger charge is 2.40. The summed E-state index contributed by atoms with van der Waals surface area (Å²) in [4.78, 5) is 17.9. The van der Waals surface area contributed by atoms with Crippen LogP contribution in [0.3, 0.4) is 0 Å². The first-order valence-electron chi connectivity index (χ1n) is 10.6. The first-order chi connectivity index (χ1) is 13.7. The van der Waals surface area contributed by atoms with Crippen molar-refractivity contribution in [3.8, 4) is 0 Å². The molecule has 4 aliphatic heterocycles. The van der Waals surface area contributed by atoms with E-state index >= 15 is 0 Å². The number of nitrogens with one attached hydrogen (secondary N) is 1. The van der Waals surface area contributed by atoms with Crippen LogP contribution in [-0.2, 0) is 14.3 Å². The fourth-order valence-electron chi connectivity index (χ4n) is 4.98. The quantitative estimate of drug-likeness (QED) is 0.814. The molecule has 0 radical (unpaired) electrons. The van der Waals surface area contributed by atoms with Crippen LogP contribution >= 0.6 is 0 Å². The van der Waals surface area contributed by atoms with Crippen molar-refractivity contribution in [3.63, 3.8) is 0 Å². The van der Waals surface area contributed by atoms with Crippen molar-refractivity contribution in [1.29, 1.82) is 0 Å². The molecule has 4 aliphatic rings. The Kier molecular flexibility index (Phi) is 4.77. The van der Waals surface area contributed by atoms with E-state index in [1.807, 2.05) is 0 Å². The molecule has 1 aromatic rings. The number of likely N-dealkylation sites (tertiary alicyclic amines) is 1. The van der Waals surface area contributed by atoms with Crippen molar-refractivity contribution < 1.29 is 14.3 Å². The predicted molar refractivity (Wildman–Crippen MR) is 109 cm³/mol. The van der Waals surface area contributed by atoms with E-state index in [0.29, 0.717) is 6.04 Å². The van der Waals surface area contributed by atoms with Gasteiger partial charge in [0.25, 0.3) is 5.91 Å². The minimum Gasteiger partial charge on any atom is -0.381 e. The number of nitrogens with zero attached hydrogens (tertiary/aromatic N) is 2. The van der Waals surface area contributed by atoms with Crippen molar-refractivity contribution in [2.24, 2.45) is 0 Å². The molecule has 0 aromatic heterocycles. The van der Waals surface area contributed by atoms with Gasteiger partial charge >= 0.3 is 0 Å². The Hall–Kier alpha value is -2.05. The summed E-state index contributed by atoms with van der Waals surface area (Å²) in [5.74, 6) is 0.173. The monoisotopic (exact) mass is 383 g/mol. The average molecular weight is 383 g/mol. The standard InChI is InChI=1S/C22H29N3O3/c1-24-9-2-3-20(24)21-18-13-15(23-16-6-10-28-14-16)4-5-19(18)25(22(21)26)17-7-11-27-12-8-17/h4-5,13,16-17,23H,2-3,6-12,14H2,1H3/b21-20-. The maximum absolute atomic E-state index is 13.6. The second-order valence-corrected chi connectivity index (χ2v) is 8.30. The molecule has 1 unspecified atom stereocenters. The number of fused-ring (bicyclic) bond motifs is 1. The topological polar surface area (TPSA) is 54.0 Å². The predicted octanol–water partition coefficient (Wildman–Crippen LogP) is 2.85. The Balaban J connectivity index is 1.55. The lowest BCUT2D eigenvalue weighted by Crippen LogP contribution is -2.41. The zero-order chi connectivity index (χ0) is 19.1. The van der Waals surface area contributed by atoms with Crippen LogP contribution in [0.2, 0.25) is 0 Å². The molecule has 0 bridgehead atoms. The number of carbonyl (C=O) groups excluding carboxylic acids is 1. The molecule has 6 heteroatoms. The van der Waals surface area contributed by atoms with Gasteiger partial charge in [0.1, 0.15) is 0 Å². The molecule has 5 rings (SSSR count). The lowest BCUT2D eigenvalue weighted by atomic mass is 10.0. The van der Waals surface area contributed by atoms with Gasteiger partial charge in [-0.15, -0.1) is 0 Å². The minimum atomic E-state index is 0.173. The van der Waals surface area contributed by atoms with E-state index in [1.165, 1.54) is 5.70 Å². The number of ether oxygens (including phenoxy) is 2. The molecule has 0 spiro atoms. The SMILES string of the molecule is CN1CCC/C1=C1/C(=O)N(C2CCOCC2)c2ccc(NC3CCOC3)cc21. The normalized spacial score (nSPS) is 28.3. The Labute approximate surface area is 166 Å². The number of carbonyl (C=O) groups is 1. The highest BCUT2D eigenvalue weighted by molar-refractivity contribution is 6.33. The van der Waals surface area contributed by atoms with E-state index in [0.717, 1.165) is 87.6 Å². The lowest BCUT2D eigenvalue weighted by Gasteiger charge is -2.31. The third-order valence-electron chi connectivity index (χ3n) is 6.47. The smallest absolute Gasteiger partial charge is 0.261 e. The molecule has 0 aliphatic carbocycles. The molecule has 3 saturated heterocycles. The second kappa shape index (κ2) is 7.41. The summed E-state index contributed by atoms with van der Waals surface area (Å²) in [5, 5.41) is 3.59. The first kappa shape index (κ1) is 18.0. The Morgan fingerprint density at radius 3 is 2.64 bits per heavy atom. The molecule has 1 N–H and O–H groups in total. The van der Waals surface area contributed by atoms with Crippen LogP contribution < -0.4 is 10.2 Å². The summed E-state index contributed by atoms with van der Waals surface area (Å²) >= 11 is 0. The fourth-order valence-corrected chi connectivity index (χ4v) is 4.98. The van der Waals surface area contributed by atoms with Gasteiger partial charge < -0.3 is 24.6 Å². The van der Waals surface area contributed by atoms with Gasteiger partial charge in [-0.3, -0.25) is 4.79 Å². The first-order valence-corrected chi connectivity index (χ1v) is 10.6. The van der Waals surface area contributed by atoms with Crippen molar-refractivity contribution >= 4 is 22.9 Å². The summed E-state index contributed by atoms with van der Waals surface area (Å²) < 4.78 is 11.0. The van der Waals surface area contributed by atoms with Crippen LogP contribution in [0.1, 0.15) is 37.7 Å². The summed E-state index contributed by atoms with van der Waals surface area (Å²) in [5.41, 5.74) is 5.33. The third-order valence-corrected chi connectivity index (χ3v) is 6.47. The summed E-state index contributed by atoms with van der Waals surface area (Å²) in [6, 6.07) is 7.00. The number of amides is 1. The van der Waals surface area contributed by atoms with Gasteiger partial charge in [0.2, 0.25) is 0 Å². The zero-order valence-electron chi connectivity index (χ0n) is 16.6. The molecule has 0 saturated carbocycles. The maximum Gasteiger partial charge on any atom is 0.261 e. The zero-order valence-corrected chi connectivity index (χ0v) is 16.6. The van der Waals surface area contributed by atoms with Crippen molar-refractivity contribution in [2.45, 2.75) is 44.2 Å². The number of hydrogen-bond acceptors (Lipinski definition) is 5. The highest BCUT2D eigenvalue weighted by Crippen LogP contribution is 2.44. The Bertz CT molecular complexity index is 794. The largest absolute Gasteiger partial charge is 0.381 e. The van der Waals surface area contributed by atoms with Gasteiger partial charge in [-0.25, -0.2) is 0 Å². The molecule has 150 valence electrons. The molecular weight excluding hydrogens is 354 g/mol. The second-order valence-electron chi connectivity index (χ2n) is 8.30. The third kappa shape index (κ3) is 3.08. The van der Waals surface area contributed by atoms with E-state index in [9.17, 15) is 4.79 Å². The minimum absolute atomic E-state index is 0.173. The number of rotatable bonds is 3. The van der Waals surface area contributed by atoms with Gasteiger partial charge in [-0.2, -0.15) is 0 Å². The average Bonchev–Trinajstić information content (AvgIpc) is 3.42. The molecule has 1 aromatic carbocycles. The van der Waals surface area contributed by atoms with Gasteiger partial charge in [-0.1, -0.05) is 0 Å². The van der Waals surface area contributed by atoms with Gasteiger partial charge in [0, 0.05) is 56.4 Å². The molecule has 28 heavy (non-hydrogen) atoms. The summed E-state index contributed by atoms with van der Waals surface area (Å²) in [6.07, 6.45) is 4.94. The van der Waals surface area contributed by atoms with Gasteiger partial charge in [0.15, 0.2) is 0 Å². The Morgan fingerprint density at radius 2 is 1.93 bits per heavy atom. The number of benzene rings is 1. The van der Waals surface area contributed by atoms with Crippen LogP contribution in [0.25, 0.3) is 5.57 Å². The summed E-state index contributed by atoms with van der Waals surface area (Å²) in [6.45, 7) is 4.06. The molecule has 4 heterocycles. The Morgan fingerprint density at radius 1 is 1.11 bits per heavy atom. The van der Waals surface area contributed by atoms with Crippen molar-refractivity contribution in [2.75, 3.05) is 50.2 Å². The fraction of sp³-hybridized carbons (Fsp3) is 0.591. The van der Waals surface area contributed by atoms with E-state index in [2.05, 4.69) is 40.4 Å². The number of allylic oxidation sites excluding steroid dienone is 1. The maximum atomic E-state index is 13.6. The van der Waals surface area contributed by atoms with Crippen LogP contribution in [0, 0.1) is 0 Å². The van der Waals surface area contributed by atoms with E-state index < -0.39 is 0 Å². The van der Waals surface area contributed by atoms with Gasteiger partial charge in [0.05, 0.1) is 23.9 Å². The number of hydrogen-bond donors (Lipinski definition) is 1. The van der Waals surface area contributed by atoms with Crippen molar-refractivity contribution in [1.82, 2.24) is 4.90 Å². The highest BCUT2D eigenvalue weighted by atomic mass is 16.5. The summed E-state index contributed by atoms with van der Waals surface area (Å²) in [7, 11) is 2.11. The molecule has 6 nitrogen and oxygen atoms in total. The van der Waals surface area contributed by atoms with Crippen LogP contribution in [0.4, 0.5) is 11.4 Å². The van der Waals surface area contributed by atoms with Gasteiger partial charge in [-0.05, 0) is 50.3 Å². The molecule has 1 amide bonds. The molecule has 3 fully saturated rings. The van der Waals surface area contributed by atoms with E-state index in [-0.39, 0.29) is 11.9 Å². The van der Waals surface area contributed by atoms with Crippen LogP contribution in [0.15, 0.2) is 23.9 Å². The van der Waals surface area contributed by atoms with Crippen LogP contribution in [0.5, 0.6) is 0 Å². The van der Waals surface area contributed by atoms with E-state index in [4.69, 9.17) is 9.47 Å². The molecule has 1 atom stereocenters. The lowest BCUT2D eigenvalue weighted by molar-refractivity contribution is -0.113. The molecular formula is C22H29N3O3. The van der Waals surface area contributed by atoms with Crippen LogP contribution in [-0.4, -0.2) is 62.9 Å². The number of anilines is 2. The van der Waals surface area contributed by atoms with Crippen molar-refractivity contribution in [3.05, 3.63) is 29.5 Å². The van der Waals surface area contributed by atoms with E-state index in [1.54, 1.807) is 0 Å².